The predicted octanol–water partition coefficient (Wildman–Crippen LogP) is 2.11. The second kappa shape index (κ2) is 6.55. The van der Waals surface area contributed by atoms with Crippen molar-refractivity contribution in [2.75, 3.05) is 0 Å². The highest BCUT2D eigenvalue weighted by atomic mass is 16.3. The van der Waals surface area contributed by atoms with E-state index in [9.17, 15) is 5.11 Å². The number of hydrogen-bond acceptors (Lipinski definition) is 2. The highest BCUT2D eigenvalue weighted by Crippen LogP contribution is 2.07. The third kappa shape index (κ3) is 3.94. The standard InChI is InChI=1S/C16H22N2O/c1-13(17-12-15-9-6-10-18(15)2)16(19)11-14-7-4-3-5-8-14/h3-10,13,16-17,19H,11-12H2,1-2H3. The molecule has 2 unspecified atom stereocenters. The molecule has 0 aliphatic carbocycles. The SMILES string of the molecule is CC(NCc1cccn1C)C(O)Cc1ccccc1. The third-order valence-corrected chi connectivity index (χ3v) is 3.52. The Kier molecular flexibility index (Phi) is 4.77. The van der Waals surface area contributed by atoms with Gasteiger partial charge in [-0.2, -0.15) is 0 Å². The van der Waals surface area contributed by atoms with Crippen molar-refractivity contribution in [1.82, 2.24) is 9.88 Å². The van der Waals surface area contributed by atoms with Crippen molar-refractivity contribution >= 4 is 0 Å². The van der Waals surface area contributed by atoms with Gasteiger partial charge in [-0.15, -0.1) is 0 Å². The van der Waals surface area contributed by atoms with Crippen molar-refractivity contribution in [2.24, 2.45) is 7.05 Å². The van der Waals surface area contributed by atoms with E-state index in [-0.39, 0.29) is 12.1 Å². The van der Waals surface area contributed by atoms with Crippen LogP contribution < -0.4 is 5.32 Å². The van der Waals surface area contributed by atoms with Crippen LogP contribution in [-0.4, -0.2) is 21.8 Å². The van der Waals surface area contributed by atoms with Crippen LogP contribution in [-0.2, 0) is 20.0 Å². The summed E-state index contributed by atoms with van der Waals surface area (Å²) in [5, 5.41) is 13.6. The molecule has 0 bridgehead atoms. The van der Waals surface area contributed by atoms with Gasteiger partial charge in [0.25, 0.3) is 0 Å². The van der Waals surface area contributed by atoms with Gasteiger partial charge in [0.1, 0.15) is 0 Å². The van der Waals surface area contributed by atoms with Gasteiger partial charge in [0.05, 0.1) is 6.10 Å². The van der Waals surface area contributed by atoms with Crippen LogP contribution in [0.2, 0.25) is 0 Å². The van der Waals surface area contributed by atoms with Crippen molar-refractivity contribution in [3.63, 3.8) is 0 Å². The number of aliphatic hydroxyl groups is 1. The first-order valence-corrected chi connectivity index (χ1v) is 6.72. The molecule has 3 nitrogen and oxygen atoms in total. The average Bonchev–Trinajstić information content (AvgIpc) is 2.82. The second-order valence-corrected chi connectivity index (χ2v) is 5.04. The molecule has 2 N–H and O–H groups in total. The first-order chi connectivity index (χ1) is 9.16. The Morgan fingerprint density at radius 2 is 1.89 bits per heavy atom. The lowest BCUT2D eigenvalue weighted by molar-refractivity contribution is 0.133. The molecular weight excluding hydrogens is 236 g/mol. The first-order valence-electron chi connectivity index (χ1n) is 6.72. The fourth-order valence-corrected chi connectivity index (χ4v) is 2.11. The number of rotatable bonds is 6. The number of nitrogens with one attached hydrogen (secondary N) is 1. The van der Waals surface area contributed by atoms with E-state index < -0.39 is 0 Å². The Morgan fingerprint density at radius 1 is 1.16 bits per heavy atom. The largest absolute Gasteiger partial charge is 0.391 e. The van der Waals surface area contributed by atoms with Crippen molar-refractivity contribution in [2.45, 2.75) is 32.0 Å². The number of benzene rings is 1. The molecule has 102 valence electrons. The summed E-state index contributed by atoms with van der Waals surface area (Å²) in [6, 6.07) is 14.3. The van der Waals surface area contributed by atoms with Crippen LogP contribution in [0.5, 0.6) is 0 Å². The van der Waals surface area contributed by atoms with Gasteiger partial charge in [-0.3, -0.25) is 0 Å². The van der Waals surface area contributed by atoms with Crippen LogP contribution in [0.1, 0.15) is 18.2 Å². The van der Waals surface area contributed by atoms with Crippen LogP contribution in [0.15, 0.2) is 48.7 Å². The van der Waals surface area contributed by atoms with Crippen LogP contribution in [0.25, 0.3) is 0 Å². The molecule has 1 heterocycles. The Morgan fingerprint density at radius 3 is 2.53 bits per heavy atom. The molecule has 1 aromatic heterocycles. The number of aromatic nitrogens is 1. The van der Waals surface area contributed by atoms with Gasteiger partial charge in [0.2, 0.25) is 0 Å². The normalized spacial score (nSPS) is 14.3. The number of hydrogen-bond donors (Lipinski definition) is 2. The molecule has 19 heavy (non-hydrogen) atoms. The fraction of sp³-hybridized carbons (Fsp3) is 0.375. The quantitative estimate of drug-likeness (QED) is 0.832. The lowest BCUT2D eigenvalue weighted by Crippen LogP contribution is -2.38. The maximum Gasteiger partial charge on any atom is 0.0730 e. The van der Waals surface area contributed by atoms with E-state index in [2.05, 4.69) is 16.0 Å². The van der Waals surface area contributed by atoms with Gasteiger partial charge in [-0.1, -0.05) is 30.3 Å². The average molecular weight is 258 g/mol. The lowest BCUT2D eigenvalue weighted by atomic mass is 10.0. The molecule has 0 radical (unpaired) electrons. The van der Waals surface area contributed by atoms with Crippen molar-refractivity contribution < 1.29 is 5.11 Å². The highest BCUT2D eigenvalue weighted by Gasteiger charge is 2.14. The maximum atomic E-state index is 10.2. The first kappa shape index (κ1) is 13.8. The third-order valence-electron chi connectivity index (χ3n) is 3.52. The summed E-state index contributed by atoms with van der Waals surface area (Å²) in [4.78, 5) is 0. The molecular formula is C16H22N2O. The Bertz CT molecular complexity index is 492. The summed E-state index contributed by atoms with van der Waals surface area (Å²) in [5.74, 6) is 0. The Hall–Kier alpha value is -1.58. The zero-order valence-corrected chi connectivity index (χ0v) is 11.6. The second-order valence-electron chi connectivity index (χ2n) is 5.04. The molecule has 0 fully saturated rings. The molecule has 2 aromatic rings. The van der Waals surface area contributed by atoms with E-state index in [0.29, 0.717) is 6.42 Å². The molecule has 0 saturated carbocycles. The highest BCUT2D eigenvalue weighted by molar-refractivity contribution is 5.16. The van der Waals surface area contributed by atoms with Gasteiger partial charge < -0.3 is 15.0 Å². The van der Waals surface area contributed by atoms with Gasteiger partial charge in [0.15, 0.2) is 0 Å². The van der Waals surface area contributed by atoms with Gasteiger partial charge >= 0.3 is 0 Å². The summed E-state index contributed by atoms with van der Waals surface area (Å²) >= 11 is 0. The summed E-state index contributed by atoms with van der Waals surface area (Å²) in [5.41, 5.74) is 2.39. The van der Waals surface area contributed by atoms with Gasteiger partial charge in [-0.05, 0) is 31.0 Å². The lowest BCUT2D eigenvalue weighted by Gasteiger charge is -2.20. The van der Waals surface area contributed by atoms with Crippen molar-refractivity contribution in [3.8, 4) is 0 Å². The molecule has 0 aliphatic heterocycles. The van der Waals surface area contributed by atoms with E-state index in [1.165, 1.54) is 11.3 Å². The van der Waals surface area contributed by atoms with E-state index in [4.69, 9.17) is 0 Å². The summed E-state index contributed by atoms with van der Waals surface area (Å²) in [6.07, 6.45) is 2.34. The van der Waals surface area contributed by atoms with Crippen molar-refractivity contribution in [3.05, 3.63) is 59.9 Å². The van der Waals surface area contributed by atoms with E-state index >= 15 is 0 Å². The monoisotopic (exact) mass is 258 g/mol. The minimum Gasteiger partial charge on any atom is -0.391 e. The summed E-state index contributed by atoms with van der Waals surface area (Å²) in [6.45, 7) is 2.80. The molecule has 0 amide bonds. The molecule has 2 rings (SSSR count). The molecule has 3 heteroatoms. The number of aliphatic hydroxyl groups excluding tert-OH is 1. The minimum atomic E-state index is -0.373. The smallest absolute Gasteiger partial charge is 0.0730 e. The summed E-state index contributed by atoms with van der Waals surface area (Å²) in [7, 11) is 2.03. The molecule has 1 aromatic carbocycles. The van der Waals surface area contributed by atoms with E-state index in [1.807, 2.05) is 56.6 Å². The molecule has 0 aliphatic rings. The van der Waals surface area contributed by atoms with Gasteiger partial charge in [-0.25, -0.2) is 0 Å². The Labute approximate surface area is 114 Å². The van der Waals surface area contributed by atoms with Crippen molar-refractivity contribution in [1.29, 1.82) is 0 Å². The fourth-order valence-electron chi connectivity index (χ4n) is 2.11. The maximum absolute atomic E-state index is 10.2. The van der Waals surface area contributed by atoms with E-state index in [0.717, 1.165) is 6.54 Å². The number of nitrogens with zero attached hydrogens (tertiary/aromatic N) is 1. The zero-order valence-electron chi connectivity index (χ0n) is 11.6. The van der Waals surface area contributed by atoms with Gasteiger partial charge in [0, 0.05) is 31.5 Å². The molecule has 0 spiro atoms. The number of aryl methyl sites for hydroxylation is 1. The topological polar surface area (TPSA) is 37.2 Å². The predicted molar refractivity (Wildman–Crippen MR) is 77.9 cm³/mol. The van der Waals surface area contributed by atoms with Crippen LogP contribution in [0.4, 0.5) is 0 Å². The van der Waals surface area contributed by atoms with Crippen LogP contribution >= 0.6 is 0 Å². The molecule has 2 atom stereocenters. The minimum absolute atomic E-state index is 0.0649. The summed E-state index contributed by atoms with van der Waals surface area (Å²) < 4.78 is 2.09. The van der Waals surface area contributed by atoms with Crippen LogP contribution in [0, 0.1) is 0 Å². The Balaban J connectivity index is 1.82. The van der Waals surface area contributed by atoms with Crippen LogP contribution in [0.3, 0.4) is 0 Å². The zero-order chi connectivity index (χ0) is 13.7. The molecule has 0 saturated heterocycles. The van der Waals surface area contributed by atoms with E-state index in [1.54, 1.807) is 0 Å².